The number of benzene rings is 1. The van der Waals surface area contributed by atoms with Crippen LogP contribution in [0.1, 0.15) is 25.5 Å². The summed E-state index contributed by atoms with van der Waals surface area (Å²) in [5.41, 5.74) is 0.596. The van der Waals surface area contributed by atoms with Crippen LogP contribution in [0.5, 0.6) is 0 Å². The molecule has 0 aliphatic rings. The summed E-state index contributed by atoms with van der Waals surface area (Å²) in [6.07, 6.45) is 0.332. The van der Waals surface area contributed by atoms with Crippen LogP contribution in [0, 0.1) is 0 Å². The molecule has 1 aromatic carbocycles. The van der Waals surface area contributed by atoms with Crippen molar-refractivity contribution in [1.29, 1.82) is 0 Å². The van der Waals surface area contributed by atoms with E-state index < -0.39 is 15.9 Å². The third-order valence-corrected chi connectivity index (χ3v) is 3.89. The van der Waals surface area contributed by atoms with E-state index in [1.807, 2.05) is 13.8 Å². The highest BCUT2D eigenvalue weighted by atomic mass is 32.2. The number of aliphatic hydroxyl groups excluding tert-OH is 1. The van der Waals surface area contributed by atoms with E-state index in [2.05, 4.69) is 10.6 Å². The molecule has 0 spiro atoms. The molecule has 0 saturated heterocycles. The number of hydrogen-bond acceptors (Lipinski definition) is 5. The van der Waals surface area contributed by atoms with Crippen molar-refractivity contribution in [1.82, 2.24) is 10.6 Å². The Morgan fingerprint density at radius 3 is 2.29 bits per heavy atom. The minimum absolute atomic E-state index is 0.0766. The standard InChI is InChI=1S/C14H22N2O4S/c1-10(2)16-14(18)9-15-8-13(17)11-4-6-12(7-5-11)21(3,19)20/h4-7,10,13,15,17H,8-9H2,1-3H3,(H,16,18). The first-order valence-electron chi connectivity index (χ1n) is 6.68. The molecule has 0 aliphatic carbocycles. The van der Waals surface area contributed by atoms with Gasteiger partial charge in [0.1, 0.15) is 0 Å². The summed E-state index contributed by atoms with van der Waals surface area (Å²) in [4.78, 5) is 11.6. The van der Waals surface area contributed by atoms with E-state index >= 15 is 0 Å². The van der Waals surface area contributed by atoms with Gasteiger partial charge in [0.25, 0.3) is 0 Å². The van der Waals surface area contributed by atoms with Gasteiger partial charge in [-0.25, -0.2) is 8.42 Å². The second-order valence-corrected chi connectivity index (χ2v) is 7.23. The van der Waals surface area contributed by atoms with Gasteiger partial charge in [0.15, 0.2) is 9.84 Å². The van der Waals surface area contributed by atoms with Gasteiger partial charge in [-0.1, -0.05) is 12.1 Å². The lowest BCUT2D eigenvalue weighted by Crippen LogP contribution is -2.38. The van der Waals surface area contributed by atoms with E-state index in [4.69, 9.17) is 0 Å². The zero-order valence-corrected chi connectivity index (χ0v) is 13.3. The summed E-state index contributed by atoms with van der Waals surface area (Å²) < 4.78 is 22.7. The molecule has 6 nitrogen and oxygen atoms in total. The zero-order valence-electron chi connectivity index (χ0n) is 12.5. The van der Waals surface area contributed by atoms with Crippen LogP contribution in [0.15, 0.2) is 29.2 Å². The molecule has 0 radical (unpaired) electrons. The SMILES string of the molecule is CC(C)NC(=O)CNCC(O)c1ccc(S(C)(=O)=O)cc1. The summed E-state index contributed by atoms with van der Waals surface area (Å²) in [5.74, 6) is -0.135. The van der Waals surface area contributed by atoms with Gasteiger partial charge >= 0.3 is 0 Å². The largest absolute Gasteiger partial charge is 0.387 e. The van der Waals surface area contributed by atoms with Crippen LogP contribution in [-0.4, -0.2) is 44.8 Å². The Hall–Kier alpha value is -1.44. The van der Waals surface area contributed by atoms with Gasteiger partial charge in [0, 0.05) is 18.8 Å². The first kappa shape index (κ1) is 17.6. The maximum atomic E-state index is 11.4. The summed E-state index contributed by atoms with van der Waals surface area (Å²) in [7, 11) is -3.24. The molecule has 1 atom stereocenters. The van der Waals surface area contributed by atoms with Gasteiger partial charge in [0.2, 0.25) is 5.91 Å². The van der Waals surface area contributed by atoms with E-state index in [-0.39, 0.29) is 29.9 Å². The molecule has 0 bridgehead atoms. The molecule has 1 rings (SSSR count). The first-order chi connectivity index (χ1) is 9.70. The summed E-state index contributed by atoms with van der Waals surface area (Å²) in [6, 6.07) is 6.12. The summed E-state index contributed by atoms with van der Waals surface area (Å²) >= 11 is 0. The zero-order chi connectivity index (χ0) is 16.0. The van der Waals surface area contributed by atoms with Crippen LogP contribution < -0.4 is 10.6 Å². The van der Waals surface area contributed by atoms with Crippen LogP contribution in [0.4, 0.5) is 0 Å². The Labute approximate surface area is 125 Å². The van der Waals surface area contributed by atoms with E-state index in [0.717, 1.165) is 6.26 Å². The molecule has 1 unspecified atom stereocenters. The second kappa shape index (κ2) is 7.53. The minimum Gasteiger partial charge on any atom is -0.387 e. The van der Waals surface area contributed by atoms with Crippen LogP contribution in [0.25, 0.3) is 0 Å². The maximum absolute atomic E-state index is 11.4. The fraction of sp³-hybridized carbons (Fsp3) is 0.500. The van der Waals surface area contributed by atoms with Crippen LogP contribution >= 0.6 is 0 Å². The van der Waals surface area contributed by atoms with Gasteiger partial charge in [-0.2, -0.15) is 0 Å². The Bertz CT molecular complexity index is 567. The van der Waals surface area contributed by atoms with Crippen molar-refractivity contribution in [3.05, 3.63) is 29.8 Å². The summed E-state index contributed by atoms with van der Waals surface area (Å²) in [6.45, 7) is 4.08. The average molecular weight is 314 g/mol. The van der Waals surface area contributed by atoms with Crippen molar-refractivity contribution in [2.75, 3.05) is 19.3 Å². The molecular formula is C14H22N2O4S. The third-order valence-electron chi connectivity index (χ3n) is 2.77. The van der Waals surface area contributed by atoms with Crippen molar-refractivity contribution in [3.8, 4) is 0 Å². The molecule has 0 saturated carbocycles. The molecule has 7 heteroatoms. The molecule has 0 heterocycles. The van der Waals surface area contributed by atoms with Gasteiger partial charge in [-0.05, 0) is 31.5 Å². The number of carbonyl (C=O) groups excluding carboxylic acids is 1. The molecule has 3 N–H and O–H groups in total. The predicted octanol–water partition coefficient (Wildman–Crippen LogP) is 0.238. The first-order valence-corrected chi connectivity index (χ1v) is 8.57. The number of hydrogen-bond donors (Lipinski definition) is 3. The topological polar surface area (TPSA) is 95.5 Å². The van der Waals surface area contributed by atoms with E-state index in [1.54, 1.807) is 12.1 Å². The Balaban J connectivity index is 2.49. The normalized spacial score (nSPS) is 13.2. The highest BCUT2D eigenvalue weighted by Crippen LogP contribution is 2.15. The lowest BCUT2D eigenvalue weighted by atomic mass is 10.1. The molecule has 21 heavy (non-hydrogen) atoms. The van der Waals surface area contributed by atoms with Crippen molar-refractivity contribution >= 4 is 15.7 Å². The van der Waals surface area contributed by atoms with Crippen molar-refractivity contribution < 1.29 is 18.3 Å². The molecular weight excluding hydrogens is 292 g/mol. The number of amides is 1. The highest BCUT2D eigenvalue weighted by molar-refractivity contribution is 7.90. The monoisotopic (exact) mass is 314 g/mol. The maximum Gasteiger partial charge on any atom is 0.234 e. The second-order valence-electron chi connectivity index (χ2n) is 5.21. The minimum atomic E-state index is -3.24. The van der Waals surface area contributed by atoms with Crippen LogP contribution in [0.3, 0.4) is 0 Å². The molecule has 1 aromatic rings. The fourth-order valence-corrected chi connectivity index (χ4v) is 2.38. The Kier molecular flexibility index (Phi) is 6.32. The number of aliphatic hydroxyl groups is 1. The van der Waals surface area contributed by atoms with Gasteiger partial charge in [-0.15, -0.1) is 0 Å². The Morgan fingerprint density at radius 1 is 1.24 bits per heavy atom. The van der Waals surface area contributed by atoms with E-state index in [9.17, 15) is 18.3 Å². The molecule has 1 amide bonds. The van der Waals surface area contributed by atoms with Gasteiger partial charge < -0.3 is 15.7 Å². The molecule has 0 fully saturated rings. The lowest BCUT2D eigenvalue weighted by Gasteiger charge is -2.13. The Morgan fingerprint density at radius 2 is 1.81 bits per heavy atom. The summed E-state index contributed by atoms with van der Waals surface area (Å²) in [5, 5.41) is 15.5. The number of sulfone groups is 1. The van der Waals surface area contributed by atoms with Crippen LogP contribution in [-0.2, 0) is 14.6 Å². The average Bonchev–Trinajstić information content (AvgIpc) is 2.36. The van der Waals surface area contributed by atoms with E-state index in [0.29, 0.717) is 5.56 Å². The van der Waals surface area contributed by atoms with Crippen molar-refractivity contribution in [2.45, 2.75) is 30.9 Å². The van der Waals surface area contributed by atoms with E-state index in [1.165, 1.54) is 12.1 Å². The van der Waals surface area contributed by atoms with Crippen molar-refractivity contribution in [2.24, 2.45) is 0 Å². The van der Waals surface area contributed by atoms with Crippen molar-refractivity contribution in [3.63, 3.8) is 0 Å². The molecule has 0 aromatic heterocycles. The third kappa shape index (κ3) is 6.24. The number of nitrogens with one attached hydrogen (secondary N) is 2. The predicted molar refractivity (Wildman–Crippen MR) is 80.7 cm³/mol. The number of rotatable bonds is 7. The molecule has 118 valence electrons. The van der Waals surface area contributed by atoms with Gasteiger partial charge in [0.05, 0.1) is 17.5 Å². The smallest absolute Gasteiger partial charge is 0.234 e. The quantitative estimate of drug-likeness (QED) is 0.670. The fourth-order valence-electron chi connectivity index (χ4n) is 1.75. The number of carbonyl (C=O) groups is 1. The lowest BCUT2D eigenvalue weighted by molar-refractivity contribution is -0.120. The van der Waals surface area contributed by atoms with Crippen LogP contribution in [0.2, 0.25) is 0 Å². The molecule has 0 aliphatic heterocycles. The van der Waals surface area contributed by atoms with Gasteiger partial charge in [-0.3, -0.25) is 4.79 Å². The highest BCUT2D eigenvalue weighted by Gasteiger charge is 2.11.